The highest BCUT2D eigenvalue weighted by Crippen LogP contribution is 2.39. The minimum atomic E-state index is 0.564. The first-order chi connectivity index (χ1) is 28.8. The van der Waals surface area contributed by atoms with Gasteiger partial charge in [0.05, 0.1) is 44.1 Å². The van der Waals surface area contributed by atoms with E-state index in [0.717, 1.165) is 55.0 Å². The van der Waals surface area contributed by atoms with Gasteiger partial charge in [-0.15, -0.1) is 0 Å². The SMILES string of the molecule is c1ccc2c(c1)c1ccccc1n2-c1ccc2c(c1)c1ccccc1n2-c1ncnc(-n2c3ccccc3c3cc(-n4c5ccccc5c5ccccc54)ccc32)n1. The van der Waals surface area contributed by atoms with Gasteiger partial charge in [-0.05, 0) is 72.8 Å². The Morgan fingerprint density at radius 1 is 0.259 bits per heavy atom. The van der Waals surface area contributed by atoms with E-state index in [0.29, 0.717) is 11.9 Å². The van der Waals surface area contributed by atoms with E-state index in [2.05, 4.69) is 200 Å². The highest BCUT2D eigenvalue weighted by atomic mass is 15.3. The predicted octanol–water partition coefficient (Wildman–Crippen LogP) is 12.3. The van der Waals surface area contributed by atoms with Crippen molar-refractivity contribution in [2.75, 3.05) is 0 Å². The van der Waals surface area contributed by atoms with E-state index >= 15 is 0 Å². The van der Waals surface area contributed by atoms with Gasteiger partial charge in [0, 0.05) is 54.5 Å². The van der Waals surface area contributed by atoms with Gasteiger partial charge in [0.1, 0.15) is 6.33 Å². The first-order valence-electron chi connectivity index (χ1n) is 19.5. The van der Waals surface area contributed by atoms with Crippen molar-refractivity contribution in [3.05, 3.63) is 188 Å². The van der Waals surface area contributed by atoms with Gasteiger partial charge in [0.25, 0.3) is 0 Å². The van der Waals surface area contributed by atoms with Gasteiger partial charge < -0.3 is 9.13 Å². The Labute approximate surface area is 330 Å². The Morgan fingerprint density at radius 3 is 0.879 bits per heavy atom. The lowest BCUT2D eigenvalue weighted by Gasteiger charge is -2.11. The molecule has 13 rings (SSSR count). The number of hydrogen-bond donors (Lipinski definition) is 0. The molecule has 0 fully saturated rings. The second kappa shape index (κ2) is 11.7. The van der Waals surface area contributed by atoms with Gasteiger partial charge in [0.15, 0.2) is 0 Å². The summed E-state index contributed by atoms with van der Waals surface area (Å²) in [5.74, 6) is 1.13. The predicted molar refractivity (Wildman–Crippen MR) is 237 cm³/mol. The molecule has 0 bridgehead atoms. The molecular weight excluding hydrogens is 711 g/mol. The van der Waals surface area contributed by atoms with Crippen LogP contribution in [0.5, 0.6) is 0 Å². The van der Waals surface area contributed by atoms with Crippen molar-refractivity contribution in [2.24, 2.45) is 0 Å². The maximum absolute atomic E-state index is 5.26. The second-order valence-electron chi connectivity index (χ2n) is 14.9. The van der Waals surface area contributed by atoms with E-state index in [1.165, 1.54) is 43.6 Å². The second-order valence-corrected chi connectivity index (χ2v) is 14.9. The minimum Gasteiger partial charge on any atom is -0.309 e. The van der Waals surface area contributed by atoms with Crippen molar-refractivity contribution in [3.8, 4) is 23.3 Å². The summed E-state index contributed by atoms with van der Waals surface area (Å²) in [5.41, 5.74) is 11.1. The third kappa shape index (κ3) is 4.24. The summed E-state index contributed by atoms with van der Waals surface area (Å²) in [4.78, 5) is 14.9. The lowest BCUT2D eigenvalue weighted by molar-refractivity contribution is 0.886. The number of para-hydroxylation sites is 6. The first-order valence-corrected chi connectivity index (χ1v) is 19.5. The molecule has 0 saturated carbocycles. The Hall–Kier alpha value is -8.03. The van der Waals surface area contributed by atoms with Crippen molar-refractivity contribution in [3.63, 3.8) is 0 Å². The highest BCUT2D eigenvalue weighted by Gasteiger charge is 2.21. The molecule has 7 heteroatoms. The molecule has 0 N–H and O–H groups in total. The van der Waals surface area contributed by atoms with Crippen LogP contribution in [0.3, 0.4) is 0 Å². The molecule has 0 aliphatic heterocycles. The lowest BCUT2D eigenvalue weighted by atomic mass is 10.1. The van der Waals surface area contributed by atoms with E-state index in [9.17, 15) is 0 Å². The van der Waals surface area contributed by atoms with E-state index in [4.69, 9.17) is 15.0 Å². The molecule has 270 valence electrons. The molecule has 8 aromatic carbocycles. The molecule has 0 radical (unpaired) electrons. The van der Waals surface area contributed by atoms with Gasteiger partial charge in [-0.1, -0.05) is 109 Å². The van der Waals surface area contributed by atoms with Crippen LogP contribution in [0.2, 0.25) is 0 Å². The molecule has 5 heterocycles. The van der Waals surface area contributed by atoms with Crippen molar-refractivity contribution < 1.29 is 0 Å². The Kier molecular flexibility index (Phi) is 6.32. The molecular formula is C51H31N7. The Bertz CT molecular complexity index is 3470. The van der Waals surface area contributed by atoms with Crippen molar-refractivity contribution >= 4 is 87.2 Å². The zero-order chi connectivity index (χ0) is 37.9. The van der Waals surface area contributed by atoms with E-state index in [1.807, 2.05) is 0 Å². The van der Waals surface area contributed by atoms with Gasteiger partial charge >= 0.3 is 0 Å². The molecule has 13 aromatic rings. The lowest BCUT2D eigenvalue weighted by Crippen LogP contribution is -2.07. The van der Waals surface area contributed by atoms with Crippen LogP contribution < -0.4 is 0 Å². The molecule has 0 saturated heterocycles. The van der Waals surface area contributed by atoms with E-state index in [1.54, 1.807) is 6.33 Å². The first kappa shape index (κ1) is 31.2. The molecule has 0 unspecified atom stereocenters. The number of benzene rings is 8. The van der Waals surface area contributed by atoms with Gasteiger partial charge in [-0.3, -0.25) is 9.13 Å². The fourth-order valence-corrected chi connectivity index (χ4v) is 9.53. The van der Waals surface area contributed by atoms with Crippen LogP contribution in [0.4, 0.5) is 0 Å². The van der Waals surface area contributed by atoms with Crippen LogP contribution in [-0.2, 0) is 0 Å². The monoisotopic (exact) mass is 741 g/mol. The quantitative estimate of drug-likeness (QED) is 0.180. The normalized spacial score (nSPS) is 12.1. The Balaban J connectivity index is 1.00. The van der Waals surface area contributed by atoms with Crippen molar-refractivity contribution in [1.29, 1.82) is 0 Å². The summed E-state index contributed by atoms with van der Waals surface area (Å²) in [6.45, 7) is 0. The van der Waals surface area contributed by atoms with Crippen LogP contribution in [0.25, 0.3) is 110 Å². The standard InChI is InChI=1S/C51H31N7/c1-7-19-42-34(13-1)35-14-2-8-20-43(35)55(42)32-25-27-48-40(29-32)38-17-5-11-23-46(38)57(48)50-52-31-53-51(54-50)58-47-24-12-6-18-39(47)41-30-33(26-28-49(41)58)56-44-21-9-3-15-36(44)37-16-4-10-22-45(37)56/h1-31H. The number of aromatic nitrogens is 7. The van der Waals surface area contributed by atoms with Crippen LogP contribution in [0.15, 0.2) is 188 Å². The molecule has 0 atom stereocenters. The van der Waals surface area contributed by atoms with Crippen molar-refractivity contribution in [2.45, 2.75) is 0 Å². The number of fused-ring (bicyclic) bond motifs is 12. The summed E-state index contributed by atoms with van der Waals surface area (Å²) >= 11 is 0. The molecule has 7 nitrogen and oxygen atoms in total. The van der Waals surface area contributed by atoms with Crippen molar-refractivity contribution in [1.82, 2.24) is 33.2 Å². The molecule has 5 aromatic heterocycles. The fourth-order valence-electron chi connectivity index (χ4n) is 9.53. The summed E-state index contributed by atoms with van der Waals surface area (Å²) < 4.78 is 9.07. The average molecular weight is 742 g/mol. The largest absolute Gasteiger partial charge is 0.309 e. The van der Waals surface area contributed by atoms with Gasteiger partial charge in [-0.25, -0.2) is 9.97 Å². The summed E-state index contributed by atoms with van der Waals surface area (Å²) in [5, 5.41) is 9.50. The van der Waals surface area contributed by atoms with Crippen LogP contribution >= 0.6 is 0 Å². The molecule has 0 aliphatic carbocycles. The minimum absolute atomic E-state index is 0.564. The molecule has 0 amide bonds. The number of rotatable bonds is 4. The van der Waals surface area contributed by atoms with Crippen LogP contribution in [0.1, 0.15) is 0 Å². The maximum atomic E-state index is 5.26. The molecule has 58 heavy (non-hydrogen) atoms. The molecule has 0 spiro atoms. The van der Waals surface area contributed by atoms with Crippen LogP contribution in [-0.4, -0.2) is 33.2 Å². The fraction of sp³-hybridized carbons (Fsp3) is 0. The summed E-state index contributed by atoms with van der Waals surface area (Å²) in [6.07, 6.45) is 1.64. The highest BCUT2D eigenvalue weighted by molar-refractivity contribution is 6.14. The van der Waals surface area contributed by atoms with E-state index in [-0.39, 0.29) is 0 Å². The number of hydrogen-bond acceptors (Lipinski definition) is 3. The third-order valence-corrected chi connectivity index (χ3v) is 11.9. The summed E-state index contributed by atoms with van der Waals surface area (Å²) in [6, 6.07) is 65.0. The zero-order valence-corrected chi connectivity index (χ0v) is 31.0. The topological polar surface area (TPSA) is 58.4 Å². The molecule has 0 aliphatic rings. The van der Waals surface area contributed by atoms with Gasteiger partial charge in [-0.2, -0.15) is 4.98 Å². The maximum Gasteiger partial charge on any atom is 0.239 e. The smallest absolute Gasteiger partial charge is 0.239 e. The van der Waals surface area contributed by atoms with E-state index < -0.39 is 0 Å². The zero-order valence-electron chi connectivity index (χ0n) is 31.0. The average Bonchev–Trinajstić information content (AvgIpc) is 4.01. The number of nitrogens with zero attached hydrogens (tertiary/aromatic N) is 7. The Morgan fingerprint density at radius 2 is 0.534 bits per heavy atom. The summed E-state index contributed by atoms with van der Waals surface area (Å²) in [7, 11) is 0. The van der Waals surface area contributed by atoms with Gasteiger partial charge in [0.2, 0.25) is 11.9 Å². The van der Waals surface area contributed by atoms with Crippen LogP contribution in [0, 0.1) is 0 Å². The third-order valence-electron chi connectivity index (χ3n) is 11.9.